The second-order valence-electron chi connectivity index (χ2n) is 6.63. The first-order valence-corrected chi connectivity index (χ1v) is 9.53. The number of nitrogens with zero attached hydrogens (tertiary/aromatic N) is 2. The summed E-state index contributed by atoms with van der Waals surface area (Å²) in [6.45, 7) is 6.82. The molecule has 5 nitrogen and oxygen atoms in total. The van der Waals surface area contributed by atoms with Crippen molar-refractivity contribution in [3.05, 3.63) is 57.1 Å². The summed E-state index contributed by atoms with van der Waals surface area (Å²) in [5, 5.41) is 7.61. The molecule has 6 heteroatoms. The van der Waals surface area contributed by atoms with Crippen LogP contribution in [0, 0.1) is 13.8 Å². The molecule has 4 rings (SSSR count). The van der Waals surface area contributed by atoms with Gasteiger partial charge in [0, 0.05) is 40.4 Å². The van der Waals surface area contributed by atoms with Crippen LogP contribution in [0.3, 0.4) is 0 Å². The Bertz CT molecular complexity index is 1020. The molecule has 3 aromatic rings. The number of aryl methyl sites for hydroxylation is 4. The minimum Gasteiger partial charge on any atom is -0.455 e. The fraction of sp³-hybridized carbons (Fsp3) is 0.300. The zero-order valence-corrected chi connectivity index (χ0v) is 16.6. The topological polar surface area (TPSA) is 60.1 Å². The second-order valence-corrected chi connectivity index (χ2v) is 7.49. The SMILES string of the molecule is CCn1cc2c(n1)-c1c(oc(C(=O)Nc3ccc(Br)c(C)c3)c1C)CC2. The van der Waals surface area contributed by atoms with Crippen LogP contribution in [0.15, 0.2) is 33.3 Å². The third-order valence-electron chi connectivity index (χ3n) is 4.86. The van der Waals surface area contributed by atoms with E-state index < -0.39 is 0 Å². The Kier molecular flexibility index (Phi) is 4.23. The highest BCUT2D eigenvalue weighted by Gasteiger charge is 2.29. The maximum atomic E-state index is 12.8. The molecule has 2 heterocycles. The van der Waals surface area contributed by atoms with E-state index in [4.69, 9.17) is 4.42 Å². The Morgan fingerprint density at radius 2 is 2.15 bits per heavy atom. The van der Waals surface area contributed by atoms with Crippen LogP contribution in [0.4, 0.5) is 5.69 Å². The highest BCUT2D eigenvalue weighted by molar-refractivity contribution is 9.10. The van der Waals surface area contributed by atoms with Crippen LogP contribution >= 0.6 is 15.9 Å². The molecule has 26 heavy (non-hydrogen) atoms. The van der Waals surface area contributed by atoms with Gasteiger partial charge in [0.1, 0.15) is 5.76 Å². The van der Waals surface area contributed by atoms with Gasteiger partial charge in [-0.3, -0.25) is 9.48 Å². The number of anilines is 1. The number of nitrogens with one attached hydrogen (secondary N) is 1. The van der Waals surface area contributed by atoms with E-state index in [2.05, 4.69) is 39.5 Å². The normalized spacial score (nSPS) is 12.6. The predicted octanol–water partition coefficient (Wildman–Crippen LogP) is 4.89. The Morgan fingerprint density at radius 3 is 2.88 bits per heavy atom. The molecule has 2 aromatic heterocycles. The Morgan fingerprint density at radius 1 is 1.35 bits per heavy atom. The number of amides is 1. The van der Waals surface area contributed by atoms with E-state index in [0.29, 0.717) is 5.76 Å². The number of hydrogen-bond donors (Lipinski definition) is 1. The van der Waals surface area contributed by atoms with Crippen molar-refractivity contribution in [2.45, 2.75) is 40.2 Å². The molecule has 1 amide bonds. The summed E-state index contributed by atoms with van der Waals surface area (Å²) in [5.41, 5.74) is 5.82. The molecule has 1 aliphatic rings. The summed E-state index contributed by atoms with van der Waals surface area (Å²) in [4.78, 5) is 12.8. The van der Waals surface area contributed by atoms with Gasteiger partial charge >= 0.3 is 0 Å². The maximum Gasteiger partial charge on any atom is 0.291 e. The molecule has 1 aromatic carbocycles. The monoisotopic (exact) mass is 413 g/mol. The van der Waals surface area contributed by atoms with Crippen molar-refractivity contribution in [2.75, 3.05) is 5.32 Å². The van der Waals surface area contributed by atoms with Crippen molar-refractivity contribution in [1.82, 2.24) is 9.78 Å². The minimum atomic E-state index is -0.227. The van der Waals surface area contributed by atoms with Crippen LogP contribution in [0.1, 0.15) is 39.9 Å². The molecule has 0 aliphatic heterocycles. The van der Waals surface area contributed by atoms with E-state index in [1.54, 1.807) is 0 Å². The lowest BCUT2D eigenvalue weighted by Gasteiger charge is -2.09. The lowest BCUT2D eigenvalue weighted by Crippen LogP contribution is -2.12. The van der Waals surface area contributed by atoms with Gasteiger partial charge in [-0.25, -0.2) is 0 Å². The van der Waals surface area contributed by atoms with Gasteiger partial charge in [0.05, 0.1) is 5.69 Å². The van der Waals surface area contributed by atoms with Crippen LogP contribution in [-0.4, -0.2) is 15.7 Å². The zero-order valence-electron chi connectivity index (χ0n) is 15.0. The highest BCUT2D eigenvalue weighted by atomic mass is 79.9. The van der Waals surface area contributed by atoms with Crippen LogP contribution in [0.25, 0.3) is 11.3 Å². The molecule has 0 spiro atoms. The fourth-order valence-corrected chi connectivity index (χ4v) is 3.70. The van der Waals surface area contributed by atoms with Crippen molar-refractivity contribution >= 4 is 27.5 Å². The van der Waals surface area contributed by atoms with Crippen LogP contribution in [-0.2, 0) is 19.4 Å². The predicted molar refractivity (Wildman–Crippen MR) is 105 cm³/mol. The molecule has 1 aliphatic carbocycles. The summed E-state index contributed by atoms with van der Waals surface area (Å²) in [6.07, 6.45) is 3.78. The average molecular weight is 414 g/mol. The molecule has 0 atom stereocenters. The van der Waals surface area contributed by atoms with Gasteiger partial charge in [0.2, 0.25) is 0 Å². The molecular formula is C20H20BrN3O2. The fourth-order valence-electron chi connectivity index (χ4n) is 3.45. The van der Waals surface area contributed by atoms with Crippen molar-refractivity contribution in [2.24, 2.45) is 0 Å². The molecule has 134 valence electrons. The molecule has 0 saturated heterocycles. The number of carbonyl (C=O) groups excluding carboxylic acids is 1. The first-order valence-electron chi connectivity index (χ1n) is 8.74. The van der Waals surface area contributed by atoms with Crippen LogP contribution in [0.2, 0.25) is 0 Å². The summed E-state index contributed by atoms with van der Waals surface area (Å²) in [6, 6.07) is 5.73. The number of hydrogen-bond acceptors (Lipinski definition) is 3. The van der Waals surface area contributed by atoms with E-state index in [-0.39, 0.29) is 5.91 Å². The van der Waals surface area contributed by atoms with E-state index in [0.717, 1.165) is 57.7 Å². The minimum absolute atomic E-state index is 0.227. The summed E-state index contributed by atoms with van der Waals surface area (Å²) < 4.78 is 8.91. The van der Waals surface area contributed by atoms with Gasteiger partial charge in [-0.05, 0) is 56.5 Å². The van der Waals surface area contributed by atoms with Gasteiger partial charge in [0.15, 0.2) is 5.76 Å². The van der Waals surface area contributed by atoms with E-state index in [9.17, 15) is 4.79 Å². The van der Waals surface area contributed by atoms with Gasteiger partial charge < -0.3 is 9.73 Å². The van der Waals surface area contributed by atoms with Crippen molar-refractivity contribution in [3.63, 3.8) is 0 Å². The maximum absolute atomic E-state index is 12.8. The number of halogens is 1. The molecule has 1 N–H and O–H groups in total. The first-order chi connectivity index (χ1) is 12.5. The van der Waals surface area contributed by atoms with Crippen molar-refractivity contribution < 1.29 is 9.21 Å². The standard InChI is InChI=1S/C20H20BrN3O2/c1-4-24-10-13-5-8-16-17(18(13)23-24)12(3)19(26-16)20(25)22-14-6-7-15(21)11(2)9-14/h6-7,9-10H,4-5,8H2,1-3H3,(H,22,25). The largest absolute Gasteiger partial charge is 0.455 e. The third-order valence-corrected chi connectivity index (χ3v) is 5.75. The van der Waals surface area contributed by atoms with Crippen molar-refractivity contribution in [1.29, 1.82) is 0 Å². The smallest absolute Gasteiger partial charge is 0.291 e. The number of benzene rings is 1. The molecule has 0 fully saturated rings. The highest BCUT2D eigenvalue weighted by Crippen LogP contribution is 2.38. The average Bonchev–Trinajstić information content (AvgIpc) is 3.18. The Labute approximate surface area is 160 Å². The number of furan rings is 1. The van der Waals surface area contributed by atoms with Gasteiger partial charge in [-0.2, -0.15) is 5.10 Å². The lowest BCUT2D eigenvalue weighted by molar-refractivity contribution is 0.0994. The summed E-state index contributed by atoms with van der Waals surface area (Å²) in [7, 11) is 0. The van der Waals surface area contributed by atoms with Crippen LogP contribution < -0.4 is 5.32 Å². The number of fused-ring (bicyclic) bond motifs is 3. The second kappa shape index (κ2) is 6.43. The first kappa shape index (κ1) is 17.1. The van der Waals surface area contributed by atoms with Gasteiger partial charge in [-0.1, -0.05) is 15.9 Å². The Balaban J connectivity index is 1.68. The molecule has 0 radical (unpaired) electrons. The third kappa shape index (κ3) is 2.78. The number of rotatable bonds is 3. The van der Waals surface area contributed by atoms with Crippen molar-refractivity contribution in [3.8, 4) is 11.3 Å². The zero-order chi connectivity index (χ0) is 18.4. The molecule has 0 saturated carbocycles. The van der Waals surface area contributed by atoms with E-state index >= 15 is 0 Å². The molecule has 0 bridgehead atoms. The van der Waals surface area contributed by atoms with Gasteiger partial charge in [0.25, 0.3) is 5.91 Å². The van der Waals surface area contributed by atoms with Gasteiger partial charge in [-0.15, -0.1) is 0 Å². The summed E-state index contributed by atoms with van der Waals surface area (Å²) in [5.74, 6) is 0.998. The Hall–Kier alpha value is -2.34. The number of aromatic nitrogens is 2. The summed E-state index contributed by atoms with van der Waals surface area (Å²) >= 11 is 3.47. The van der Waals surface area contributed by atoms with E-state index in [1.165, 1.54) is 5.56 Å². The quantitative estimate of drug-likeness (QED) is 0.664. The number of carbonyl (C=O) groups is 1. The van der Waals surface area contributed by atoms with E-state index in [1.807, 2.05) is 36.7 Å². The molecular weight excluding hydrogens is 394 g/mol. The van der Waals surface area contributed by atoms with Crippen LogP contribution in [0.5, 0.6) is 0 Å². The lowest BCUT2D eigenvalue weighted by atomic mass is 9.93. The molecule has 0 unspecified atom stereocenters.